The van der Waals surface area contributed by atoms with Crippen LogP contribution in [0.1, 0.15) is 10.4 Å². The first kappa shape index (κ1) is 13.8. The molecule has 0 spiro atoms. The van der Waals surface area contributed by atoms with Gasteiger partial charge in [-0.3, -0.25) is 4.98 Å². The molecule has 0 saturated carbocycles. The van der Waals surface area contributed by atoms with E-state index in [1.54, 1.807) is 6.07 Å². The number of nitrogens with zero attached hydrogens (tertiary/aromatic N) is 1. The molecule has 21 heavy (non-hydrogen) atoms. The van der Waals surface area contributed by atoms with E-state index in [9.17, 15) is 9.90 Å². The number of benzene rings is 2. The monoisotopic (exact) mass is 391 g/mol. The number of carboxylic acids is 1. The molecule has 5 heteroatoms. The molecule has 4 nitrogen and oxygen atoms in total. The molecule has 2 aromatic carbocycles. The van der Waals surface area contributed by atoms with Gasteiger partial charge in [0.25, 0.3) is 0 Å². The largest absolute Gasteiger partial charge is 0.477 e. The Hall–Kier alpha value is -2.15. The zero-order valence-corrected chi connectivity index (χ0v) is 12.9. The van der Waals surface area contributed by atoms with Crippen LogP contribution >= 0.6 is 22.6 Å². The van der Waals surface area contributed by atoms with Crippen LogP contribution in [0.25, 0.3) is 10.9 Å². The van der Waals surface area contributed by atoms with Crippen LogP contribution in [0.15, 0.2) is 54.7 Å². The van der Waals surface area contributed by atoms with Gasteiger partial charge in [-0.1, -0.05) is 12.1 Å². The van der Waals surface area contributed by atoms with E-state index in [4.69, 9.17) is 4.74 Å². The van der Waals surface area contributed by atoms with Crippen LogP contribution in [0.3, 0.4) is 0 Å². The summed E-state index contributed by atoms with van der Waals surface area (Å²) in [6.45, 7) is 0. The van der Waals surface area contributed by atoms with E-state index in [1.807, 2.05) is 42.5 Å². The minimum Gasteiger partial charge on any atom is -0.477 e. The number of aromatic nitrogens is 1. The van der Waals surface area contributed by atoms with Gasteiger partial charge in [0.15, 0.2) is 5.75 Å². The second-order valence-electron chi connectivity index (χ2n) is 4.38. The van der Waals surface area contributed by atoms with E-state index in [0.717, 1.165) is 3.57 Å². The van der Waals surface area contributed by atoms with Crippen LogP contribution < -0.4 is 4.74 Å². The SMILES string of the molecule is O=C(O)c1cnc2ccccc2c1Oc1ccc(I)cc1. The molecule has 0 atom stereocenters. The summed E-state index contributed by atoms with van der Waals surface area (Å²) in [7, 11) is 0. The number of hydrogen-bond acceptors (Lipinski definition) is 3. The zero-order chi connectivity index (χ0) is 14.8. The number of halogens is 1. The molecule has 0 bridgehead atoms. The molecule has 0 unspecified atom stereocenters. The van der Waals surface area contributed by atoms with Gasteiger partial charge in [0.05, 0.1) is 5.52 Å². The molecule has 0 radical (unpaired) electrons. The molecule has 1 N–H and O–H groups in total. The fraction of sp³-hybridized carbons (Fsp3) is 0. The standard InChI is InChI=1S/C16H10INO3/c17-10-5-7-11(8-6-10)21-15-12-3-1-2-4-14(12)18-9-13(15)16(19)20/h1-9H,(H,19,20). The number of aromatic carboxylic acids is 1. The van der Waals surface area contributed by atoms with Crippen molar-refractivity contribution in [3.05, 3.63) is 63.9 Å². The highest BCUT2D eigenvalue weighted by atomic mass is 127. The molecule has 104 valence electrons. The highest BCUT2D eigenvalue weighted by Crippen LogP contribution is 2.32. The maximum Gasteiger partial charge on any atom is 0.341 e. The first-order valence-electron chi connectivity index (χ1n) is 6.19. The van der Waals surface area contributed by atoms with Gasteiger partial charge in [-0.25, -0.2) is 4.79 Å². The van der Waals surface area contributed by atoms with Gasteiger partial charge in [0.1, 0.15) is 11.3 Å². The Morgan fingerprint density at radius 3 is 2.52 bits per heavy atom. The fourth-order valence-corrected chi connectivity index (χ4v) is 2.36. The van der Waals surface area contributed by atoms with Gasteiger partial charge in [-0.15, -0.1) is 0 Å². The molecule has 3 aromatic rings. The van der Waals surface area contributed by atoms with Crippen molar-refractivity contribution in [1.82, 2.24) is 4.98 Å². The molecule has 0 amide bonds. The Morgan fingerprint density at radius 1 is 1.10 bits per heavy atom. The lowest BCUT2D eigenvalue weighted by Gasteiger charge is -2.11. The van der Waals surface area contributed by atoms with Crippen molar-refractivity contribution in [2.75, 3.05) is 0 Å². The topological polar surface area (TPSA) is 59.4 Å². The molecule has 1 heterocycles. The summed E-state index contributed by atoms with van der Waals surface area (Å²) in [5.41, 5.74) is 0.746. The Morgan fingerprint density at radius 2 is 1.81 bits per heavy atom. The van der Waals surface area contributed by atoms with Crippen LogP contribution in [0.2, 0.25) is 0 Å². The first-order valence-corrected chi connectivity index (χ1v) is 7.27. The number of hydrogen-bond donors (Lipinski definition) is 1. The van der Waals surface area contributed by atoms with E-state index in [-0.39, 0.29) is 5.56 Å². The van der Waals surface area contributed by atoms with Gasteiger partial charge in [-0.05, 0) is 59.0 Å². The number of para-hydroxylation sites is 1. The third-order valence-corrected chi connectivity index (χ3v) is 3.71. The normalized spacial score (nSPS) is 10.5. The summed E-state index contributed by atoms with van der Waals surface area (Å²) < 4.78 is 6.90. The molecule has 0 aliphatic rings. The molecule has 3 rings (SSSR count). The molecule has 1 aromatic heterocycles. The van der Waals surface area contributed by atoms with Crippen molar-refractivity contribution < 1.29 is 14.6 Å². The predicted molar refractivity (Wildman–Crippen MR) is 87.9 cm³/mol. The number of carbonyl (C=O) groups is 1. The van der Waals surface area contributed by atoms with Crippen molar-refractivity contribution in [2.45, 2.75) is 0 Å². The molecule has 0 aliphatic heterocycles. The minimum atomic E-state index is -1.06. The van der Waals surface area contributed by atoms with Crippen molar-refractivity contribution in [3.8, 4) is 11.5 Å². The van der Waals surface area contributed by atoms with E-state index in [1.165, 1.54) is 6.20 Å². The van der Waals surface area contributed by atoms with E-state index in [0.29, 0.717) is 22.4 Å². The number of rotatable bonds is 3. The van der Waals surface area contributed by atoms with Crippen LogP contribution in [0, 0.1) is 3.57 Å². The number of ether oxygens (including phenoxy) is 1. The Labute approximate surface area is 134 Å². The lowest BCUT2D eigenvalue weighted by atomic mass is 10.1. The minimum absolute atomic E-state index is 0.0484. The average Bonchev–Trinajstić information content (AvgIpc) is 2.49. The van der Waals surface area contributed by atoms with Gasteiger partial charge >= 0.3 is 5.97 Å². The number of carboxylic acid groups (broad SMARTS) is 1. The van der Waals surface area contributed by atoms with Crippen molar-refractivity contribution in [3.63, 3.8) is 0 Å². The predicted octanol–water partition coefficient (Wildman–Crippen LogP) is 4.33. The quantitative estimate of drug-likeness (QED) is 0.676. The van der Waals surface area contributed by atoms with Crippen LogP contribution in [-0.4, -0.2) is 16.1 Å². The number of fused-ring (bicyclic) bond motifs is 1. The Bertz CT molecular complexity index is 815. The zero-order valence-electron chi connectivity index (χ0n) is 10.8. The van der Waals surface area contributed by atoms with Crippen LogP contribution in [0.4, 0.5) is 0 Å². The molecular weight excluding hydrogens is 381 g/mol. The smallest absolute Gasteiger partial charge is 0.341 e. The van der Waals surface area contributed by atoms with Gasteiger partial charge < -0.3 is 9.84 Å². The summed E-state index contributed by atoms with van der Waals surface area (Å²) >= 11 is 2.20. The highest BCUT2D eigenvalue weighted by molar-refractivity contribution is 14.1. The van der Waals surface area contributed by atoms with Gasteiger partial charge in [0, 0.05) is 15.2 Å². The molecular formula is C16H10INO3. The van der Waals surface area contributed by atoms with E-state index >= 15 is 0 Å². The second kappa shape index (κ2) is 5.69. The lowest BCUT2D eigenvalue weighted by molar-refractivity contribution is 0.0694. The van der Waals surface area contributed by atoms with Crippen molar-refractivity contribution in [1.29, 1.82) is 0 Å². The molecule has 0 saturated heterocycles. The summed E-state index contributed by atoms with van der Waals surface area (Å²) in [6.07, 6.45) is 1.33. The van der Waals surface area contributed by atoms with Crippen LogP contribution in [-0.2, 0) is 0 Å². The first-order chi connectivity index (χ1) is 10.1. The van der Waals surface area contributed by atoms with Crippen molar-refractivity contribution >= 4 is 39.5 Å². The molecule has 0 aliphatic carbocycles. The third-order valence-electron chi connectivity index (χ3n) is 2.99. The van der Waals surface area contributed by atoms with Crippen molar-refractivity contribution in [2.24, 2.45) is 0 Å². The van der Waals surface area contributed by atoms with Gasteiger partial charge in [-0.2, -0.15) is 0 Å². The molecule has 0 fully saturated rings. The highest BCUT2D eigenvalue weighted by Gasteiger charge is 2.16. The lowest BCUT2D eigenvalue weighted by Crippen LogP contribution is -2.02. The Balaban J connectivity index is 2.16. The second-order valence-corrected chi connectivity index (χ2v) is 5.62. The summed E-state index contributed by atoms with van der Waals surface area (Å²) in [5, 5.41) is 10.0. The fourth-order valence-electron chi connectivity index (χ4n) is 2.00. The third kappa shape index (κ3) is 2.82. The maximum atomic E-state index is 11.4. The van der Waals surface area contributed by atoms with E-state index < -0.39 is 5.97 Å². The average molecular weight is 391 g/mol. The van der Waals surface area contributed by atoms with Gasteiger partial charge in [0.2, 0.25) is 0 Å². The maximum absolute atomic E-state index is 11.4. The summed E-state index contributed by atoms with van der Waals surface area (Å²) in [5.74, 6) is -0.155. The van der Waals surface area contributed by atoms with E-state index in [2.05, 4.69) is 27.6 Å². The number of pyridine rings is 1. The Kier molecular flexibility index (Phi) is 3.74. The summed E-state index contributed by atoms with van der Waals surface area (Å²) in [4.78, 5) is 15.5. The summed E-state index contributed by atoms with van der Waals surface area (Å²) in [6, 6.07) is 14.7. The van der Waals surface area contributed by atoms with Crippen LogP contribution in [0.5, 0.6) is 11.5 Å².